The summed E-state index contributed by atoms with van der Waals surface area (Å²) in [7, 11) is 0. The van der Waals surface area contributed by atoms with Gasteiger partial charge in [-0.25, -0.2) is 0 Å². The summed E-state index contributed by atoms with van der Waals surface area (Å²) in [5.41, 5.74) is 0. The van der Waals surface area contributed by atoms with Crippen molar-refractivity contribution in [1.29, 1.82) is 0 Å². The van der Waals surface area contributed by atoms with E-state index >= 15 is 0 Å². The fourth-order valence-electron chi connectivity index (χ4n) is 0. The van der Waals surface area contributed by atoms with Gasteiger partial charge >= 0.3 is 39.7 Å². The predicted molar refractivity (Wildman–Crippen MR) is 13.8 cm³/mol. The average Bonchev–Trinajstić information content (AvgIpc) is 1.46. The molecule has 0 saturated carbocycles. The summed E-state index contributed by atoms with van der Waals surface area (Å²) in [4.78, 5) is 14.0. The van der Waals surface area contributed by atoms with Gasteiger partial charge in [0.15, 0.2) is 0 Å². The minimum atomic E-state index is -2.42. The predicted octanol–water partition coefficient (Wildman–Crippen LogP) is -0.749. The number of hydrogen-bond donors (Lipinski definition) is 0. The Morgan fingerprint density at radius 2 is 1.17 bits per heavy atom. The third kappa shape index (κ3) is 197. The van der Waals surface area contributed by atoms with Crippen molar-refractivity contribution in [3.63, 3.8) is 0 Å². The SMILES string of the molecule is O.O=O.[HH].[O]=[Ce]=[O]. The Kier molecular flexibility index (Phi) is 129. The summed E-state index contributed by atoms with van der Waals surface area (Å²) >= 11 is -2.42. The van der Waals surface area contributed by atoms with Crippen LogP contribution in [0.25, 0.3) is 0 Å². The molecule has 0 fully saturated rings. The van der Waals surface area contributed by atoms with E-state index in [1.54, 1.807) is 0 Å². The van der Waals surface area contributed by atoms with Gasteiger partial charge in [-0.15, -0.1) is 0 Å². The van der Waals surface area contributed by atoms with Crippen LogP contribution in [0.4, 0.5) is 0 Å². The molecule has 0 aromatic heterocycles. The molecule has 6 heavy (non-hydrogen) atoms. The van der Waals surface area contributed by atoms with Crippen molar-refractivity contribution in [3.05, 3.63) is 9.93 Å². The van der Waals surface area contributed by atoms with E-state index in [-0.39, 0.29) is 6.90 Å². The molecule has 0 spiro atoms. The van der Waals surface area contributed by atoms with Crippen molar-refractivity contribution in [3.8, 4) is 0 Å². The molecule has 0 saturated heterocycles. The topological polar surface area (TPSA) is 99.8 Å². The molecule has 38 valence electrons. The molecule has 0 aliphatic carbocycles. The zero-order chi connectivity index (χ0) is 4.71. The Morgan fingerprint density at radius 1 is 1.17 bits per heavy atom. The molecule has 0 atom stereocenters. The van der Waals surface area contributed by atoms with E-state index in [9.17, 15) is 0 Å². The van der Waals surface area contributed by atoms with Crippen molar-refractivity contribution >= 4 is 0 Å². The van der Waals surface area contributed by atoms with Gasteiger partial charge in [-0.05, 0) is 0 Å². The molecule has 6 heteroatoms. The summed E-state index contributed by atoms with van der Waals surface area (Å²) in [6, 6.07) is 0. The van der Waals surface area contributed by atoms with Gasteiger partial charge in [-0.1, -0.05) is 0 Å². The molecule has 0 rings (SSSR count). The zero-order valence-electron chi connectivity index (χ0n) is 2.63. The van der Waals surface area contributed by atoms with Gasteiger partial charge in [-0.2, -0.15) is 0 Å². The molecular weight excluding hydrogens is 220 g/mol. The first-order chi connectivity index (χ1) is 2.41. The first kappa shape index (κ1) is 16.0. The molecule has 0 amide bonds. The van der Waals surface area contributed by atoms with E-state index in [2.05, 4.69) is 0 Å². The Hall–Kier alpha value is 0.537. The van der Waals surface area contributed by atoms with E-state index in [1.807, 2.05) is 0 Å². The van der Waals surface area contributed by atoms with Crippen molar-refractivity contribution in [2.75, 3.05) is 0 Å². The van der Waals surface area contributed by atoms with Crippen molar-refractivity contribution in [2.45, 2.75) is 0 Å². The molecular formula is H4CeO5. The van der Waals surface area contributed by atoms with Crippen LogP contribution in [0.5, 0.6) is 0 Å². The molecule has 0 aliphatic rings. The van der Waals surface area contributed by atoms with E-state index in [4.69, 9.17) is 11.8 Å². The van der Waals surface area contributed by atoms with Gasteiger partial charge in [0, 0.05) is 11.4 Å². The second kappa shape index (κ2) is 48.3. The first-order valence-electron chi connectivity index (χ1n) is 0.575. The monoisotopic (exact) mass is 224 g/mol. The second-order valence-corrected chi connectivity index (χ2v) is 0.607. The zero-order valence-corrected chi connectivity index (χ0v) is 5.77. The molecule has 5 nitrogen and oxygen atoms in total. The third-order valence-electron chi connectivity index (χ3n) is 0. The molecule has 0 aromatic rings. The van der Waals surface area contributed by atoms with E-state index < -0.39 is 37.8 Å². The average molecular weight is 224 g/mol. The van der Waals surface area contributed by atoms with Crippen molar-refractivity contribution in [1.82, 2.24) is 0 Å². The summed E-state index contributed by atoms with van der Waals surface area (Å²) < 4.78 is 17.1. The van der Waals surface area contributed by atoms with Crippen LogP contribution in [0.1, 0.15) is 1.43 Å². The molecule has 0 bridgehead atoms. The summed E-state index contributed by atoms with van der Waals surface area (Å²) in [5, 5.41) is 0. The molecule has 0 aliphatic heterocycles. The van der Waals surface area contributed by atoms with Crippen LogP contribution in [-0.2, 0) is 1.88 Å². The maximum absolute atomic E-state index is 8.57. The standard InChI is InChI=1S/Ce.O2.H2O.2O.H2/c;1-2;;;;/h;;1H2;;;1H. The summed E-state index contributed by atoms with van der Waals surface area (Å²) in [5.74, 6) is 0. The minimum absolute atomic E-state index is 0. The van der Waals surface area contributed by atoms with Gasteiger partial charge in [0.05, 0.1) is 0 Å². The summed E-state index contributed by atoms with van der Waals surface area (Å²) in [6.45, 7) is 0. The van der Waals surface area contributed by atoms with E-state index in [0.29, 0.717) is 0 Å². The molecule has 0 unspecified atom stereocenters. The van der Waals surface area contributed by atoms with E-state index in [1.165, 1.54) is 0 Å². The normalized spacial score (nSPS) is 2.00. The molecule has 0 radical (unpaired) electrons. The third-order valence-corrected chi connectivity index (χ3v) is 0. The van der Waals surface area contributed by atoms with Gasteiger partial charge in [0.1, 0.15) is 0 Å². The van der Waals surface area contributed by atoms with Crippen LogP contribution in [0.15, 0.2) is 0 Å². The van der Waals surface area contributed by atoms with Gasteiger partial charge in [0.2, 0.25) is 0 Å². The molecule has 2 N–H and O–H groups in total. The van der Waals surface area contributed by atoms with Crippen LogP contribution in [0.3, 0.4) is 0 Å². The first-order valence-corrected chi connectivity index (χ1v) is 3.14. The van der Waals surface area contributed by atoms with Gasteiger partial charge in [-0.3, -0.25) is 0 Å². The molecule has 0 heterocycles. The van der Waals surface area contributed by atoms with Crippen LogP contribution in [0.2, 0.25) is 0 Å². The number of hydrogen-bond acceptors (Lipinski definition) is 4. The second-order valence-electron chi connectivity index (χ2n) is 0.0833. The Labute approximate surface area is 56.1 Å². The Bertz CT molecular complexity index is 37.3. The quantitative estimate of drug-likeness (QED) is 0.540. The van der Waals surface area contributed by atoms with Crippen molar-refractivity contribution in [2.24, 2.45) is 0 Å². The fraction of sp³-hybridized carbons (Fsp3) is 0. The van der Waals surface area contributed by atoms with Crippen LogP contribution in [0, 0.1) is 47.7 Å². The maximum atomic E-state index is 8.57. The van der Waals surface area contributed by atoms with E-state index in [0.717, 1.165) is 0 Å². The number of rotatable bonds is 0. The summed E-state index contributed by atoms with van der Waals surface area (Å²) in [6.07, 6.45) is 0. The van der Waals surface area contributed by atoms with Crippen LogP contribution in [-0.4, -0.2) is 5.48 Å². The van der Waals surface area contributed by atoms with Crippen LogP contribution >= 0.6 is 0 Å². The Balaban J connectivity index is -0.0000000105. The fourth-order valence-corrected chi connectivity index (χ4v) is 0. The van der Waals surface area contributed by atoms with Crippen molar-refractivity contribution < 1.29 is 46.6 Å². The molecule has 0 aromatic carbocycles. The van der Waals surface area contributed by atoms with Gasteiger partial charge in [0.25, 0.3) is 0 Å². The Morgan fingerprint density at radius 3 is 1.17 bits per heavy atom. The van der Waals surface area contributed by atoms with Crippen LogP contribution < -0.4 is 0 Å². The van der Waals surface area contributed by atoms with Gasteiger partial charge < -0.3 is 5.48 Å².